The molecule has 1 amide bonds. The summed E-state index contributed by atoms with van der Waals surface area (Å²) in [6.07, 6.45) is 0.787. The number of ether oxygens (including phenoxy) is 1. The molecule has 0 radical (unpaired) electrons. The summed E-state index contributed by atoms with van der Waals surface area (Å²) in [5, 5.41) is 9.10. The van der Waals surface area contributed by atoms with Crippen LogP contribution in [0.25, 0.3) is 0 Å². The van der Waals surface area contributed by atoms with E-state index >= 15 is 4.39 Å². The molecule has 2 aliphatic heterocycles. The molecule has 3 fully saturated rings. The second-order valence-corrected chi connectivity index (χ2v) is 14.2. The maximum Gasteiger partial charge on any atom is 0.416 e. The van der Waals surface area contributed by atoms with Crippen LogP contribution in [-0.2, 0) is 15.8 Å². The molecular weight excluding hydrogens is 626 g/mol. The summed E-state index contributed by atoms with van der Waals surface area (Å²) in [6.45, 7) is 5.09. The fourth-order valence-corrected chi connectivity index (χ4v) is 8.16. The number of aliphatic carboxylic acids is 1. The maximum absolute atomic E-state index is 17.8. The third kappa shape index (κ3) is 7.61. The molecule has 3 aliphatic rings. The van der Waals surface area contributed by atoms with E-state index in [1.165, 1.54) is 6.07 Å². The van der Waals surface area contributed by atoms with Crippen molar-refractivity contribution in [2.45, 2.75) is 101 Å². The van der Waals surface area contributed by atoms with Gasteiger partial charge in [-0.15, -0.1) is 0 Å². The SMILES string of the molecule is CC[C@@H]1C[C@@H](c2ccc(C(F)(F)F)cc2N(C)CCCC(=O)O)CN1C(=O)[C@]1(F)CN([C@H]2CC[C@H](C)CC2)C[C@H]1c1ccc(OC)cc1. The molecule has 0 spiro atoms. The van der Waals surface area contributed by atoms with Crippen molar-refractivity contribution in [1.82, 2.24) is 9.80 Å². The zero-order valence-corrected chi connectivity index (χ0v) is 28.4. The number of hydrogen-bond acceptors (Lipinski definition) is 5. The molecule has 5 rings (SSSR count). The van der Waals surface area contributed by atoms with Crippen molar-refractivity contribution in [3.8, 4) is 5.75 Å². The lowest BCUT2D eigenvalue weighted by molar-refractivity contribution is -0.145. The first-order valence-corrected chi connectivity index (χ1v) is 17.3. The lowest BCUT2D eigenvalue weighted by atomic mass is 9.85. The lowest BCUT2D eigenvalue weighted by Gasteiger charge is -2.35. The molecule has 2 saturated heterocycles. The number of halogens is 4. The summed E-state index contributed by atoms with van der Waals surface area (Å²) in [6, 6.07) is 10.9. The average Bonchev–Trinajstić information content (AvgIpc) is 3.66. The first-order chi connectivity index (χ1) is 22.7. The summed E-state index contributed by atoms with van der Waals surface area (Å²) >= 11 is 0. The molecule has 0 unspecified atom stereocenters. The first-order valence-electron chi connectivity index (χ1n) is 17.3. The van der Waals surface area contributed by atoms with Crippen LogP contribution in [0, 0.1) is 5.92 Å². The quantitative estimate of drug-likeness (QED) is 0.249. The number of carbonyl (C=O) groups is 2. The molecule has 1 aliphatic carbocycles. The summed E-state index contributed by atoms with van der Waals surface area (Å²) in [4.78, 5) is 31.2. The maximum atomic E-state index is 17.8. The Kier molecular flexibility index (Phi) is 11.0. The standard InChI is InChI=1S/C37H49F4N3O4/c1-5-28-19-26(31-17-12-27(37(39,40)41)20-33(31)42(3)18-6-7-34(45)46)21-44(28)35(47)36(38)23-43(29-13-8-24(2)9-14-29)22-32(36)25-10-15-30(48-4)16-11-25/h10-12,15-17,20,24,26,28-29,32H,5-9,13-14,18-19,21-23H2,1-4H3,(H,45,46)/t24-,26-,28-,29-,32+,36+/m1/s1. The number of carbonyl (C=O) groups excluding carboxylic acids is 1. The Bertz CT molecular complexity index is 1430. The highest BCUT2D eigenvalue weighted by Gasteiger charge is 2.57. The van der Waals surface area contributed by atoms with E-state index in [9.17, 15) is 22.8 Å². The van der Waals surface area contributed by atoms with E-state index in [0.717, 1.165) is 43.4 Å². The Balaban J connectivity index is 1.44. The highest BCUT2D eigenvalue weighted by Crippen LogP contribution is 2.47. The minimum Gasteiger partial charge on any atom is -0.497 e. The number of carboxylic acids is 1. The molecule has 4 atom stereocenters. The third-order valence-electron chi connectivity index (χ3n) is 11.0. The van der Waals surface area contributed by atoms with Crippen molar-refractivity contribution in [3.05, 3.63) is 59.2 Å². The second kappa shape index (κ2) is 14.6. The number of alkyl halides is 4. The fraction of sp³-hybridized carbons (Fsp3) is 0.622. The Labute approximate surface area is 281 Å². The van der Waals surface area contributed by atoms with Crippen LogP contribution in [0.15, 0.2) is 42.5 Å². The van der Waals surface area contributed by atoms with Gasteiger partial charge in [0.2, 0.25) is 5.67 Å². The number of methoxy groups -OCH3 is 1. The average molecular weight is 676 g/mol. The molecule has 1 N–H and O–H groups in total. The van der Waals surface area contributed by atoms with Gasteiger partial charge >= 0.3 is 12.1 Å². The minimum atomic E-state index is -4.55. The van der Waals surface area contributed by atoms with Crippen LogP contribution in [0.2, 0.25) is 0 Å². The number of anilines is 1. The molecule has 2 heterocycles. The Morgan fingerprint density at radius 1 is 1.06 bits per heavy atom. The second-order valence-electron chi connectivity index (χ2n) is 14.2. The number of carboxylic acid groups (broad SMARTS) is 1. The number of rotatable bonds is 11. The predicted molar refractivity (Wildman–Crippen MR) is 177 cm³/mol. The smallest absolute Gasteiger partial charge is 0.416 e. The van der Waals surface area contributed by atoms with Gasteiger partial charge in [-0.1, -0.05) is 32.0 Å². The number of benzene rings is 2. The molecule has 48 heavy (non-hydrogen) atoms. The van der Waals surface area contributed by atoms with Gasteiger partial charge < -0.3 is 19.6 Å². The van der Waals surface area contributed by atoms with Crippen LogP contribution in [-0.4, -0.2) is 84.9 Å². The molecule has 264 valence electrons. The number of hydrogen-bond donors (Lipinski definition) is 1. The zero-order valence-electron chi connectivity index (χ0n) is 28.4. The van der Waals surface area contributed by atoms with Crippen molar-refractivity contribution in [2.75, 3.05) is 45.2 Å². The van der Waals surface area contributed by atoms with Gasteiger partial charge in [-0.25, -0.2) is 4.39 Å². The molecule has 2 aromatic rings. The van der Waals surface area contributed by atoms with Crippen LogP contribution < -0.4 is 9.64 Å². The van der Waals surface area contributed by atoms with Crippen LogP contribution in [0.1, 0.15) is 93.7 Å². The number of nitrogens with zero attached hydrogens (tertiary/aromatic N) is 3. The lowest BCUT2D eigenvalue weighted by Crippen LogP contribution is -2.52. The van der Waals surface area contributed by atoms with Crippen LogP contribution >= 0.6 is 0 Å². The van der Waals surface area contributed by atoms with E-state index in [0.29, 0.717) is 42.3 Å². The Morgan fingerprint density at radius 3 is 2.35 bits per heavy atom. The summed E-state index contributed by atoms with van der Waals surface area (Å²) in [5.41, 5.74) is -1.21. The van der Waals surface area contributed by atoms with E-state index < -0.39 is 35.2 Å². The molecule has 11 heteroatoms. The van der Waals surface area contributed by atoms with E-state index in [-0.39, 0.29) is 50.5 Å². The molecule has 0 bridgehead atoms. The van der Waals surface area contributed by atoms with Crippen LogP contribution in [0.3, 0.4) is 0 Å². The zero-order chi connectivity index (χ0) is 34.8. The number of likely N-dealkylation sites (tertiary alicyclic amines) is 2. The van der Waals surface area contributed by atoms with E-state index in [4.69, 9.17) is 9.84 Å². The van der Waals surface area contributed by atoms with Crippen molar-refractivity contribution in [2.24, 2.45) is 5.92 Å². The van der Waals surface area contributed by atoms with E-state index in [1.54, 1.807) is 36.1 Å². The van der Waals surface area contributed by atoms with Crippen molar-refractivity contribution in [1.29, 1.82) is 0 Å². The summed E-state index contributed by atoms with van der Waals surface area (Å²) in [5.74, 6) is -1.21. The van der Waals surface area contributed by atoms with Crippen LogP contribution in [0.5, 0.6) is 5.75 Å². The molecular formula is C37H49F4N3O4. The van der Waals surface area contributed by atoms with E-state index in [2.05, 4.69) is 11.8 Å². The summed E-state index contributed by atoms with van der Waals surface area (Å²) in [7, 11) is 3.23. The molecule has 1 saturated carbocycles. The largest absolute Gasteiger partial charge is 0.497 e. The van der Waals surface area contributed by atoms with Crippen molar-refractivity contribution < 1.29 is 37.0 Å². The van der Waals surface area contributed by atoms with Crippen molar-refractivity contribution >= 4 is 17.6 Å². The number of amides is 1. The van der Waals surface area contributed by atoms with Gasteiger partial charge in [0, 0.05) is 69.3 Å². The highest BCUT2D eigenvalue weighted by molar-refractivity contribution is 5.88. The normalized spacial score (nSPS) is 28.1. The van der Waals surface area contributed by atoms with Gasteiger partial charge in [-0.05, 0) is 86.3 Å². The molecule has 7 nitrogen and oxygen atoms in total. The van der Waals surface area contributed by atoms with Crippen LogP contribution in [0.4, 0.5) is 23.2 Å². The highest BCUT2D eigenvalue weighted by atomic mass is 19.4. The molecule has 0 aromatic heterocycles. The predicted octanol–water partition coefficient (Wildman–Crippen LogP) is 7.50. The monoisotopic (exact) mass is 675 g/mol. The Hall–Kier alpha value is -3.34. The van der Waals surface area contributed by atoms with Gasteiger partial charge in [0.1, 0.15) is 5.75 Å². The summed E-state index contributed by atoms with van der Waals surface area (Å²) < 4.78 is 64.5. The van der Waals surface area contributed by atoms with Crippen molar-refractivity contribution in [3.63, 3.8) is 0 Å². The minimum absolute atomic E-state index is 0.0109. The van der Waals surface area contributed by atoms with E-state index in [1.807, 2.05) is 19.1 Å². The fourth-order valence-electron chi connectivity index (χ4n) is 8.16. The van der Waals surface area contributed by atoms with Gasteiger partial charge in [-0.2, -0.15) is 13.2 Å². The third-order valence-corrected chi connectivity index (χ3v) is 11.0. The Morgan fingerprint density at radius 2 is 1.75 bits per heavy atom. The van der Waals surface area contributed by atoms with Gasteiger partial charge in [0.05, 0.1) is 12.7 Å². The first kappa shape index (κ1) is 36.0. The van der Waals surface area contributed by atoms with Gasteiger partial charge in [-0.3, -0.25) is 14.5 Å². The topological polar surface area (TPSA) is 73.3 Å². The van der Waals surface area contributed by atoms with Gasteiger partial charge in [0.15, 0.2) is 0 Å². The molecule has 2 aromatic carbocycles. The van der Waals surface area contributed by atoms with Gasteiger partial charge in [0.25, 0.3) is 5.91 Å².